The third kappa shape index (κ3) is 3.27. The highest BCUT2D eigenvalue weighted by molar-refractivity contribution is 7.87. The molecule has 0 radical (unpaired) electrons. The molecule has 5 rings (SSSR count). The molecule has 0 bridgehead atoms. The van der Waals surface area contributed by atoms with E-state index in [1.807, 2.05) is 24.3 Å². The molecule has 0 saturated heterocycles. The molecule has 2 aliphatic rings. The van der Waals surface area contributed by atoms with Gasteiger partial charge < -0.3 is 8.92 Å². The van der Waals surface area contributed by atoms with E-state index in [0.717, 1.165) is 29.7 Å². The van der Waals surface area contributed by atoms with Crippen molar-refractivity contribution in [3.05, 3.63) is 71.2 Å². The van der Waals surface area contributed by atoms with Crippen LogP contribution in [0.5, 0.6) is 11.6 Å². The first-order valence-corrected chi connectivity index (χ1v) is 11.0. The number of hydrogen-bond donors (Lipinski definition) is 0. The monoisotopic (exact) mass is 414 g/mol. The van der Waals surface area contributed by atoms with Crippen LogP contribution in [0.1, 0.15) is 41.5 Å². The SMILES string of the molecule is COc1cccc(C2CS(=O)(=O)Oc3c2c(C2CC2)nn3-c2cccc(F)c2)c1. The highest BCUT2D eigenvalue weighted by Crippen LogP contribution is 2.50. The molecule has 0 spiro atoms. The zero-order valence-corrected chi connectivity index (χ0v) is 16.5. The molecule has 1 saturated carbocycles. The van der Waals surface area contributed by atoms with E-state index in [4.69, 9.17) is 8.92 Å². The number of aromatic nitrogens is 2. The number of rotatable bonds is 4. The molecule has 3 aromatic rings. The molecule has 150 valence electrons. The van der Waals surface area contributed by atoms with Crippen molar-refractivity contribution in [2.75, 3.05) is 12.9 Å². The molecular weight excluding hydrogens is 395 g/mol. The summed E-state index contributed by atoms with van der Waals surface area (Å²) in [5.74, 6) is 0.0208. The van der Waals surface area contributed by atoms with Gasteiger partial charge in [-0.25, -0.2) is 4.39 Å². The van der Waals surface area contributed by atoms with E-state index < -0.39 is 21.9 Å². The fraction of sp³-hybridized carbons (Fsp3) is 0.286. The number of fused-ring (bicyclic) bond motifs is 1. The van der Waals surface area contributed by atoms with Crippen LogP contribution in [0.15, 0.2) is 48.5 Å². The Kier molecular flexibility index (Phi) is 4.13. The van der Waals surface area contributed by atoms with E-state index in [9.17, 15) is 12.8 Å². The molecule has 1 fully saturated rings. The quantitative estimate of drug-likeness (QED) is 0.608. The Hall–Kier alpha value is -2.87. The van der Waals surface area contributed by atoms with Crippen molar-refractivity contribution < 1.29 is 21.7 Å². The maximum Gasteiger partial charge on any atom is 0.311 e. The minimum absolute atomic E-state index is 0.150. The van der Waals surface area contributed by atoms with Gasteiger partial charge in [0.25, 0.3) is 0 Å². The lowest BCUT2D eigenvalue weighted by Crippen LogP contribution is -2.27. The number of benzene rings is 2. The third-order valence-corrected chi connectivity index (χ3v) is 6.50. The van der Waals surface area contributed by atoms with Gasteiger partial charge in [0.1, 0.15) is 11.6 Å². The van der Waals surface area contributed by atoms with Gasteiger partial charge in [-0.3, -0.25) is 0 Å². The van der Waals surface area contributed by atoms with E-state index in [-0.39, 0.29) is 17.6 Å². The van der Waals surface area contributed by atoms with Crippen LogP contribution in [-0.2, 0) is 10.1 Å². The summed E-state index contributed by atoms with van der Waals surface area (Å²) in [7, 11) is -2.27. The zero-order valence-electron chi connectivity index (χ0n) is 15.7. The van der Waals surface area contributed by atoms with Gasteiger partial charge in [0, 0.05) is 17.4 Å². The molecule has 8 heteroatoms. The maximum atomic E-state index is 13.8. The van der Waals surface area contributed by atoms with Crippen LogP contribution in [0.2, 0.25) is 0 Å². The van der Waals surface area contributed by atoms with Crippen LogP contribution in [0.4, 0.5) is 4.39 Å². The Morgan fingerprint density at radius 2 is 1.97 bits per heavy atom. The average Bonchev–Trinajstić information content (AvgIpc) is 3.48. The Bertz CT molecular complexity index is 1200. The summed E-state index contributed by atoms with van der Waals surface area (Å²) < 4.78 is 51.2. The van der Waals surface area contributed by atoms with E-state index in [0.29, 0.717) is 11.4 Å². The molecule has 2 heterocycles. The standard InChI is InChI=1S/C21H19FN2O4S/c1-27-17-7-2-4-14(10-17)18-12-29(25,26)28-21-19(18)20(13-8-9-13)23-24(21)16-6-3-5-15(22)11-16/h2-7,10-11,13,18H,8-9,12H2,1H3. The topological polar surface area (TPSA) is 70.4 Å². The molecule has 1 atom stereocenters. The summed E-state index contributed by atoms with van der Waals surface area (Å²) in [6.07, 6.45) is 1.98. The lowest BCUT2D eigenvalue weighted by molar-refractivity contribution is 0.413. The van der Waals surface area contributed by atoms with E-state index in [1.165, 1.54) is 16.8 Å². The molecule has 1 unspecified atom stereocenters. The third-order valence-electron chi connectivity index (χ3n) is 5.34. The summed E-state index contributed by atoms with van der Waals surface area (Å²) in [6, 6.07) is 13.3. The predicted octanol–water partition coefficient (Wildman–Crippen LogP) is 3.75. The highest BCUT2D eigenvalue weighted by Gasteiger charge is 2.42. The lowest BCUT2D eigenvalue weighted by Gasteiger charge is -2.24. The van der Waals surface area contributed by atoms with Gasteiger partial charge in [0.2, 0.25) is 5.88 Å². The van der Waals surface area contributed by atoms with Crippen molar-refractivity contribution >= 4 is 10.1 Å². The fourth-order valence-electron chi connectivity index (χ4n) is 3.84. The second-order valence-corrected chi connectivity index (χ2v) is 9.02. The summed E-state index contributed by atoms with van der Waals surface area (Å²) in [5.41, 5.74) is 2.83. The second kappa shape index (κ2) is 6.59. The number of methoxy groups -OCH3 is 1. The average molecular weight is 414 g/mol. The second-order valence-electron chi connectivity index (χ2n) is 7.41. The molecule has 6 nitrogen and oxygen atoms in total. The van der Waals surface area contributed by atoms with E-state index in [2.05, 4.69) is 5.10 Å². The highest BCUT2D eigenvalue weighted by atomic mass is 32.2. The van der Waals surface area contributed by atoms with Crippen molar-refractivity contribution in [3.63, 3.8) is 0 Å². The number of halogens is 1. The van der Waals surface area contributed by atoms with Crippen LogP contribution in [0, 0.1) is 5.82 Å². The van der Waals surface area contributed by atoms with Crippen molar-refractivity contribution in [1.29, 1.82) is 0 Å². The minimum atomic E-state index is -3.84. The van der Waals surface area contributed by atoms with Crippen molar-refractivity contribution in [2.24, 2.45) is 0 Å². The first-order valence-electron chi connectivity index (χ1n) is 9.40. The summed E-state index contributed by atoms with van der Waals surface area (Å²) in [6.45, 7) is 0. The van der Waals surface area contributed by atoms with Crippen molar-refractivity contribution in [1.82, 2.24) is 9.78 Å². The van der Waals surface area contributed by atoms with Crippen molar-refractivity contribution in [2.45, 2.75) is 24.7 Å². The van der Waals surface area contributed by atoms with Crippen LogP contribution in [0.3, 0.4) is 0 Å². The molecule has 2 aromatic carbocycles. The normalized spacial score (nSPS) is 20.0. The Morgan fingerprint density at radius 1 is 1.17 bits per heavy atom. The van der Waals surface area contributed by atoms with Gasteiger partial charge in [0.05, 0.1) is 24.2 Å². The largest absolute Gasteiger partial charge is 0.497 e. The minimum Gasteiger partial charge on any atom is -0.497 e. The zero-order chi connectivity index (χ0) is 20.2. The molecule has 29 heavy (non-hydrogen) atoms. The Morgan fingerprint density at radius 3 is 2.69 bits per heavy atom. The maximum absolute atomic E-state index is 13.8. The molecular formula is C21H19FN2O4S. The Balaban J connectivity index is 1.74. The number of ether oxygens (including phenoxy) is 1. The van der Waals surface area contributed by atoms with Gasteiger partial charge in [-0.2, -0.15) is 18.2 Å². The smallest absolute Gasteiger partial charge is 0.311 e. The molecule has 0 N–H and O–H groups in total. The number of nitrogens with zero attached hydrogens (tertiary/aromatic N) is 2. The molecule has 1 aliphatic heterocycles. The Labute approximate surface area is 168 Å². The van der Waals surface area contributed by atoms with E-state index in [1.54, 1.807) is 19.2 Å². The van der Waals surface area contributed by atoms with Gasteiger partial charge >= 0.3 is 10.1 Å². The van der Waals surface area contributed by atoms with Gasteiger partial charge in [-0.1, -0.05) is 18.2 Å². The van der Waals surface area contributed by atoms with Gasteiger partial charge in [-0.15, -0.1) is 0 Å². The summed E-state index contributed by atoms with van der Waals surface area (Å²) in [4.78, 5) is 0. The summed E-state index contributed by atoms with van der Waals surface area (Å²) in [5, 5.41) is 4.68. The van der Waals surface area contributed by atoms with Crippen molar-refractivity contribution in [3.8, 4) is 17.3 Å². The lowest BCUT2D eigenvalue weighted by atomic mass is 9.91. The van der Waals surface area contributed by atoms with Crippen LogP contribution in [0.25, 0.3) is 5.69 Å². The van der Waals surface area contributed by atoms with Crippen LogP contribution >= 0.6 is 0 Å². The van der Waals surface area contributed by atoms with Crippen LogP contribution < -0.4 is 8.92 Å². The molecule has 1 aliphatic carbocycles. The van der Waals surface area contributed by atoms with Gasteiger partial charge in [-0.05, 0) is 48.7 Å². The van der Waals surface area contributed by atoms with Crippen LogP contribution in [-0.4, -0.2) is 31.1 Å². The van der Waals surface area contributed by atoms with Gasteiger partial charge in [0.15, 0.2) is 0 Å². The summed E-state index contributed by atoms with van der Waals surface area (Å²) >= 11 is 0. The fourth-order valence-corrected chi connectivity index (χ4v) is 5.08. The molecule has 0 amide bonds. The number of hydrogen-bond acceptors (Lipinski definition) is 5. The predicted molar refractivity (Wildman–Crippen MR) is 105 cm³/mol. The first kappa shape index (κ1) is 18.2. The molecule has 1 aromatic heterocycles. The van der Waals surface area contributed by atoms with E-state index >= 15 is 0 Å². The first-order chi connectivity index (χ1) is 13.9.